The Hall–Kier alpha value is -3.69. The fourth-order valence-corrected chi connectivity index (χ4v) is 4.61. The summed E-state index contributed by atoms with van der Waals surface area (Å²) >= 11 is 0. The third-order valence-electron chi connectivity index (χ3n) is 5.58. The highest BCUT2D eigenvalue weighted by atomic mass is 32.2. The average molecular weight is 496 g/mol. The molecule has 3 aromatic carbocycles. The van der Waals surface area contributed by atoms with Gasteiger partial charge in [0, 0.05) is 0 Å². The Bertz CT molecular complexity index is 1310. The number of anilines is 1. The number of ether oxygens (including phenoxy) is 2. The van der Waals surface area contributed by atoms with E-state index in [2.05, 4.69) is 5.32 Å². The second-order valence-electron chi connectivity index (χ2n) is 8.15. The van der Waals surface area contributed by atoms with Gasteiger partial charge in [0.1, 0.15) is 25.1 Å². The molecule has 1 aliphatic heterocycles. The van der Waals surface area contributed by atoms with Crippen LogP contribution in [0.4, 0.5) is 10.5 Å². The quantitative estimate of drug-likeness (QED) is 0.358. The molecule has 3 aromatic rings. The molecule has 0 spiro atoms. The van der Waals surface area contributed by atoms with Crippen LogP contribution in [0.3, 0.4) is 0 Å². The molecule has 1 aliphatic rings. The van der Waals surface area contributed by atoms with Gasteiger partial charge < -0.3 is 9.47 Å². The number of carbonyl (C=O) groups excluding carboxylic acids is 2. The van der Waals surface area contributed by atoms with Crippen molar-refractivity contribution < 1.29 is 31.7 Å². The van der Waals surface area contributed by atoms with Gasteiger partial charge in [0.25, 0.3) is 10.1 Å². The number of hydrogen-bond acceptors (Lipinski definition) is 7. The Morgan fingerprint density at radius 3 is 2.54 bits per heavy atom. The van der Waals surface area contributed by atoms with E-state index in [4.69, 9.17) is 13.7 Å². The maximum absolute atomic E-state index is 12.5. The Balaban J connectivity index is 1.42. The van der Waals surface area contributed by atoms with Crippen LogP contribution < -0.4 is 10.1 Å². The highest BCUT2D eigenvalue weighted by molar-refractivity contribution is 7.86. The first kappa shape index (κ1) is 24.4. The van der Waals surface area contributed by atoms with Gasteiger partial charge in [0.05, 0.1) is 16.1 Å². The molecule has 1 unspecified atom stereocenters. The lowest BCUT2D eigenvalue weighted by Crippen LogP contribution is -2.30. The highest BCUT2D eigenvalue weighted by Crippen LogP contribution is 2.35. The van der Waals surface area contributed by atoms with Crippen LogP contribution in [-0.2, 0) is 32.1 Å². The molecule has 0 fully saturated rings. The first-order valence-corrected chi connectivity index (χ1v) is 12.5. The zero-order valence-electron chi connectivity index (χ0n) is 19.1. The number of nitrogens with one attached hydrogen (secondary N) is 1. The van der Waals surface area contributed by atoms with Crippen molar-refractivity contribution in [3.63, 3.8) is 0 Å². The third-order valence-corrected chi connectivity index (χ3v) is 6.88. The fourth-order valence-electron chi connectivity index (χ4n) is 3.67. The van der Waals surface area contributed by atoms with Crippen LogP contribution in [0.25, 0.3) is 0 Å². The molecule has 0 bridgehead atoms. The lowest BCUT2D eigenvalue weighted by atomic mass is 9.98. The predicted molar refractivity (Wildman–Crippen MR) is 129 cm³/mol. The van der Waals surface area contributed by atoms with Gasteiger partial charge in [-0.05, 0) is 49.1 Å². The van der Waals surface area contributed by atoms with E-state index in [-0.39, 0.29) is 29.4 Å². The number of aryl methyl sites for hydroxylation is 2. The average Bonchev–Trinajstić information content (AvgIpc) is 2.87. The summed E-state index contributed by atoms with van der Waals surface area (Å²) in [5.41, 5.74) is 2.95. The van der Waals surface area contributed by atoms with Gasteiger partial charge in [-0.2, -0.15) is 8.42 Å². The molecule has 9 heteroatoms. The summed E-state index contributed by atoms with van der Waals surface area (Å²) in [4.78, 5) is 24.2. The van der Waals surface area contributed by atoms with E-state index >= 15 is 0 Å². The number of amides is 1. The molecular weight excluding hydrogens is 470 g/mol. The molecule has 0 saturated heterocycles. The van der Waals surface area contributed by atoms with E-state index in [9.17, 15) is 18.0 Å². The van der Waals surface area contributed by atoms with Crippen molar-refractivity contribution in [3.05, 3.63) is 89.0 Å². The van der Waals surface area contributed by atoms with Crippen molar-refractivity contribution in [1.82, 2.24) is 0 Å². The zero-order chi connectivity index (χ0) is 24.8. The minimum Gasteiger partial charge on any atom is -0.487 e. The van der Waals surface area contributed by atoms with Crippen LogP contribution in [0, 0.1) is 6.92 Å². The van der Waals surface area contributed by atoms with Gasteiger partial charge in [0.15, 0.2) is 6.29 Å². The Kier molecular flexibility index (Phi) is 7.48. The molecular formula is C26H25NO7S. The maximum atomic E-state index is 12.5. The largest absolute Gasteiger partial charge is 0.487 e. The summed E-state index contributed by atoms with van der Waals surface area (Å²) in [5.74, 6) is 0.299. The van der Waals surface area contributed by atoms with E-state index in [1.54, 1.807) is 24.3 Å². The van der Waals surface area contributed by atoms with Crippen molar-refractivity contribution in [3.8, 4) is 5.75 Å². The van der Waals surface area contributed by atoms with Crippen molar-refractivity contribution >= 4 is 28.2 Å². The van der Waals surface area contributed by atoms with Crippen LogP contribution in [-0.4, -0.2) is 33.5 Å². The summed E-state index contributed by atoms with van der Waals surface area (Å²) in [5, 5.41) is 2.58. The number of hydrogen-bond donors (Lipinski definition) is 1. The van der Waals surface area contributed by atoms with E-state index in [0.717, 1.165) is 16.7 Å². The maximum Gasteiger partial charge on any atom is 0.411 e. The molecule has 0 aliphatic carbocycles. The molecule has 1 heterocycles. The van der Waals surface area contributed by atoms with Crippen LogP contribution in [0.2, 0.25) is 0 Å². The first-order valence-electron chi connectivity index (χ1n) is 11.1. The van der Waals surface area contributed by atoms with Crippen LogP contribution >= 0.6 is 0 Å². The predicted octanol–water partition coefficient (Wildman–Crippen LogP) is 4.66. The third kappa shape index (κ3) is 6.06. The van der Waals surface area contributed by atoms with Crippen molar-refractivity contribution in [1.29, 1.82) is 0 Å². The van der Waals surface area contributed by atoms with Gasteiger partial charge in [0.2, 0.25) is 0 Å². The van der Waals surface area contributed by atoms with Crippen molar-refractivity contribution in [2.45, 2.75) is 37.4 Å². The van der Waals surface area contributed by atoms with E-state index in [1.165, 1.54) is 12.1 Å². The smallest absolute Gasteiger partial charge is 0.411 e. The topological polar surface area (TPSA) is 108 Å². The van der Waals surface area contributed by atoms with Crippen molar-refractivity contribution in [2.75, 3.05) is 11.9 Å². The number of aldehydes is 1. The summed E-state index contributed by atoms with van der Waals surface area (Å²) in [6.45, 7) is 1.74. The standard InChI is InChI=1S/C26H25NO7S/c1-18-7-12-22(13-8-18)35(30,31)33-17-21-11-9-20-10-14-24(23(15-28)25(20)34-21)27-26(29)32-16-19-5-3-2-4-6-19/h2-8,10,12-15,21H,9,11,16-17H2,1H3,(H,27,29). The van der Waals surface area contributed by atoms with E-state index in [0.29, 0.717) is 24.9 Å². The highest BCUT2D eigenvalue weighted by Gasteiger charge is 2.27. The molecule has 0 aromatic heterocycles. The Labute approximate surface area is 204 Å². The van der Waals surface area contributed by atoms with Crippen LogP contribution in [0.1, 0.15) is 33.5 Å². The molecule has 1 atom stereocenters. The van der Waals surface area contributed by atoms with Gasteiger partial charge in [-0.15, -0.1) is 0 Å². The van der Waals surface area contributed by atoms with Crippen LogP contribution in [0.15, 0.2) is 71.6 Å². The Morgan fingerprint density at radius 2 is 1.83 bits per heavy atom. The Morgan fingerprint density at radius 1 is 1.09 bits per heavy atom. The second-order valence-corrected chi connectivity index (χ2v) is 9.77. The van der Waals surface area contributed by atoms with Gasteiger partial charge in [-0.1, -0.05) is 54.1 Å². The van der Waals surface area contributed by atoms with Gasteiger partial charge in [-0.25, -0.2) is 4.79 Å². The summed E-state index contributed by atoms with van der Waals surface area (Å²) in [7, 11) is -3.95. The minimum atomic E-state index is -3.95. The summed E-state index contributed by atoms with van der Waals surface area (Å²) in [6, 6.07) is 19.0. The lowest BCUT2D eigenvalue weighted by Gasteiger charge is -2.27. The summed E-state index contributed by atoms with van der Waals surface area (Å²) in [6.07, 6.45) is 0.380. The number of rotatable bonds is 8. The SMILES string of the molecule is Cc1ccc(S(=O)(=O)OCC2CCc3ccc(NC(=O)OCc4ccccc4)c(C=O)c3O2)cc1. The monoisotopic (exact) mass is 495 g/mol. The number of fused-ring (bicyclic) bond motifs is 1. The molecule has 8 nitrogen and oxygen atoms in total. The molecule has 0 saturated carbocycles. The zero-order valence-corrected chi connectivity index (χ0v) is 19.9. The van der Waals surface area contributed by atoms with Gasteiger partial charge in [-0.3, -0.25) is 14.3 Å². The lowest BCUT2D eigenvalue weighted by molar-refractivity contribution is 0.105. The minimum absolute atomic E-state index is 0.0633. The van der Waals surface area contributed by atoms with Gasteiger partial charge >= 0.3 is 6.09 Å². The molecule has 182 valence electrons. The number of carbonyl (C=O) groups is 2. The normalized spacial score (nSPS) is 14.9. The van der Waals surface area contributed by atoms with E-state index in [1.807, 2.05) is 37.3 Å². The first-order chi connectivity index (χ1) is 16.9. The second kappa shape index (κ2) is 10.7. The van der Waals surface area contributed by atoms with E-state index < -0.39 is 22.3 Å². The molecule has 35 heavy (non-hydrogen) atoms. The molecule has 0 radical (unpaired) electrons. The molecule has 4 rings (SSSR count). The van der Waals surface area contributed by atoms with Crippen LogP contribution in [0.5, 0.6) is 5.75 Å². The molecule has 1 N–H and O–H groups in total. The number of benzene rings is 3. The summed E-state index contributed by atoms with van der Waals surface area (Å²) < 4.78 is 41.4. The molecule has 1 amide bonds. The fraction of sp³-hybridized carbons (Fsp3) is 0.231. The van der Waals surface area contributed by atoms with Crippen molar-refractivity contribution in [2.24, 2.45) is 0 Å².